The van der Waals surface area contributed by atoms with Gasteiger partial charge in [0.25, 0.3) is 5.91 Å². The van der Waals surface area contributed by atoms with Crippen molar-refractivity contribution in [3.8, 4) is 0 Å². The molecule has 0 spiro atoms. The lowest BCUT2D eigenvalue weighted by Gasteiger charge is -2.46. The summed E-state index contributed by atoms with van der Waals surface area (Å²) in [5.74, 6) is -1.06. The number of likely N-dealkylation sites (N-methyl/N-ethyl adjacent to an activating group) is 1. The van der Waals surface area contributed by atoms with Crippen molar-refractivity contribution >= 4 is 23.5 Å². The third-order valence-electron chi connectivity index (χ3n) is 5.32. The lowest BCUT2D eigenvalue weighted by molar-refractivity contribution is -0.157. The molecule has 6 heteroatoms. The fourth-order valence-electron chi connectivity index (χ4n) is 3.96. The number of benzene rings is 2. The van der Waals surface area contributed by atoms with E-state index in [0.717, 1.165) is 11.1 Å². The molecule has 1 fully saturated rings. The Morgan fingerprint density at radius 2 is 1.93 bits per heavy atom. The predicted molar refractivity (Wildman–Crippen MR) is 99.0 cm³/mol. The van der Waals surface area contributed by atoms with Crippen LogP contribution in [0.4, 0.5) is 5.69 Å². The van der Waals surface area contributed by atoms with Gasteiger partial charge in [-0.3, -0.25) is 14.5 Å². The Hall–Kier alpha value is -3.15. The van der Waals surface area contributed by atoms with E-state index in [0.29, 0.717) is 11.3 Å². The summed E-state index contributed by atoms with van der Waals surface area (Å²) < 4.78 is 5.58. The zero-order chi connectivity index (χ0) is 19.2. The third-order valence-corrected chi connectivity index (χ3v) is 5.32. The summed E-state index contributed by atoms with van der Waals surface area (Å²) in [4.78, 5) is 41.4. The molecular weight excluding hydrogens is 344 g/mol. The van der Waals surface area contributed by atoms with Crippen LogP contribution in [-0.2, 0) is 20.9 Å². The van der Waals surface area contributed by atoms with Gasteiger partial charge in [0.1, 0.15) is 6.61 Å². The molecule has 27 heavy (non-hydrogen) atoms. The summed E-state index contributed by atoms with van der Waals surface area (Å²) in [6.45, 7) is 2.06. The van der Waals surface area contributed by atoms with Gasteiger partial charge in [-0.2, -0.15) is 0 Å². The van der Waals surface area contributed by atoms with Gasteiger partial charge in [0.15, 0.2) is 0 Å². The van der Waals surface area contributed by atoms with Gasteiger partial charge < -0.3 is 9.64 Å². The van der Waals surface area contributed by atoms with E-state index in [2.05, 4.69) is 0 Å². The quantitative estimate of drug-likeness (QED) is 0.786. The minimum Gasteiger partial charge on any atom is -0.458 e. The molecule has 2 amide bonds. The Morgan fingerprint density at radius 1 is 1.15 bits per heavy atom. The summed E-state index contributed by atoms with van der Waals surface area (Å²) >= 11 is 0. The van der Waals surface area contributed by atoms with Gasteiger partial charge in [0.05, 0.1) is 11.3 Å². The van der Waals surface area contributed by atoms with Crippen LogP contribution in [0.1, 0.15) is 34.3 Å². The summed E-state index contributed by atoms with van der Waals surface area (Å²) in [5, 5.41) is 0. The molecule has 6 nitrogen and oxygen atoms in total. The lowest BCUT2D eigenvalue weighted by Crippen LogP contribution is -2.67. The van der Waals surface area contributed by atoms with Crippen molar-refractivity contribution < 1.29 is 19.1 Å². The van der Waals surface area contributed by atoms with Crippen LogP contribution >= 0.6 is 0 Å². The average Bonchev–Trinajstić information content (AvgIpc) is 3.03. The van der Waals surface area contributed by atoms with E-state index in [4.69, 9.17) is 4.74 Å². The highest BCUT2D eigenvalue weighted by Crippen LogP contribution is 2.44. The fraction of sp³-hybridized carbons (Fsp3) is 0.286. The number of anilines is 1. The number of aryl methyl sites for hydroxylation is 1. The predicted octanol–water partition coefficient (Wildman–Crippen LogP) is 2.65. The number of carbonyl (C=O) groups excluding carboxylic acids is 3. The minimum atomic E-state index is -1.42. The number of fused-ring (bicyclic) bond motifs is 3. The molecule has 0 aromatic heterocycles. The Morgan fingerprint density at radius 3 is 2.70 bits per heavy atom. The highest BCUT2D eigenvalue weighted by Gasteiger charge is 2.60. The number of hydrogen-bond acceptors (Lipinski definition) is 4. The standard InChI is InChI=1S/C21H20N2O4/c1-14-6-5-7-15(12-14)13-27-20(26)21-11-10-18(24)23(21)17-9-4-3-8-16(17)19(25)22(21)2/h3-9,12H,10-11,13H2,1-2H3/t21-/m1/s1. The molecule has 2 aromatic carbocycles. The van der Waals surface area contributed by atoms with Crippen molar-refractivity contribution in [3.05, 3.63) is 65.2 Å². The zero-order valence-corrected chi connectivity index (χ0v) is 15.3. The number of para-hydroxylation sites is 1. The van der Waals surface area contributed by atoms with Gasteiger partial charge in [-0.25, -0.2) is 4.79 Å². The Kier molecular flexibility index (Phi) is 3.98. The van der Waals surface area contributed by atoms with Crippen LogP contribution in [0.2, 0.25) is 0 Å². The molecule has 2 aliphatic heterocycles. The maximum atomic E-state index is 13.2. The Bertz CT molecular complexity index is 955. The number of rotatable bonds is 3. The molecule has 1 saturated heterocycles. The molecular formula is C21H20N2O4. The number of carbonyl (C=O) groups is 3. The summed E-state index contributed by atoms with van der Waals surface area (Å²) in [6, 6.07) is 14.5. The Balaban J connectivity index is 1.70. The molecule has 0 unspecified atom stereocenters. The van der Waals surface area contributed by atoms with E-state index in [-0.39, 0.29) is 31.3 Å². The van der Waals surface area contributed by atoms with E-state index in [1.165, 1.54) is 9.80 Å². The second-order valence-electron chi connectivity index (χ2n) is 6.99. The molecule has 2 aromatic rings. The smallest absolute Gasteiger partial charge is 0.354 e. The molecule has 0 N–H and O–H groups in total. The number of amides is 2. The summed E-state index contributed by atoms with van der Waals surface area (Å²) in [6.07, 6.45) is 0.403. The van der Waals surface area contributed by atoms with Crippen LogP contribution < -0.4 is 4.90 Å². The molecule has 4 rings (SSSR count). The first-order valence-electron chi connectivity index (χ1n) is 8.88. The second-order valence-corrected chi connectivity index (χ2v) is 6.99. The first-order chi connectivity index (χ1) is 12.9. The van der Waals surface area contributed by atoms with E-state index in [9.17, 15) is 14.4 Å². The van der Waals surface area contributed by atoms with Gasteiger partial charge in [0.2, 0.25) is 11.6 Å². The van der Waals surface area contributed by atoms with E-state index in [1.807, 2.05) is 31.2 Å². The van der Waals surface area contributed by atoms with Crippen LogP contribution in [0.5, 0.6) is 0 Å². The van der Waals surface area contributed by atoms with Crippen LogP contribution in [0, 0.1) is 6.92 Å². The molecule has 1 atom stereocenters. The molecule has 0 aliphatic carbocycles. The Labute approximate surface area is 157 Å². The number of ether oxygens (including phenoxy) is 1. The number of nitrogens with zero attached hydrogens (tertiary/aromatic N) is 2. The number of esters is 1. The van der Waals surface area contributed by atoms with Crippen LogP contribution in [0.25, 0.3) is 0 Å². The zero-order valence-electron chi connectivity index (χ0n) is 15.3. The maximum Gasteiger partial charge on any atom is 0.354 e. The van der Waals surface area contributed by atoms with Gasteiger partial charge in [-0.1, -0.05) is 42.0 Å². The monoisotopic (exact) mass is 364 g/mol. The molecule has 0 radical (unpaired) electrons. The normalized spacial score (nSPS) is 21.1. The van der Waals surface area contributed by atoms with Crippen molar-refractivity contribution in [2.24, 2.45) is 0 Å². The molecule has 0 saturated carbocycles. The minimum absolute atomic E-state index is 0.0912. The molecule has 0 bridgehead atoms. The van der Waals surface area contributed by atoms with E-state index >= 15 is 0 Å². The maximum absolute atomic E-state index is 13.2. The fourth-order valence-corrected chi connectivity index (χ4v) is 3.96. The van der Waals surface area contributed by atoms with Crippen molar-refractivity contribution in [1.29, 1.82) is 0 Å². The van der Waals surface area contributed by atoms with E-state index in [1.54, 1.807) is 31.3 Å². The highest BCUT2D eigenvalue weighted by molar-refractivity contribution is 6.15. The second kappa shape index (κ2) is 6.23. The SMILES string of the molecule is Cc1cccc(COC(=O)[C@@]23CCC(=O)N2c2ccccc2C(=O)N3C)c1. The van der Waals surface area contributed by atoms with Gasteiger partial charge in [-0.15, -0.1) is 0 Å². The first kappa shape index (κ1) is 17.3. The van der Waals surface area contributed by atoms with Crippen LogP contribution in [0.3, 0.4) is 0 Å². The van der Waals surface area contributed by atoms with Crippen LogP contribution in [0.15, 0.2) is 48.5 Å². The largest absolute Gasteiger partial charge is 0.458 e. The topological polar surface area (TPSA) is 66.9 Å². The number of hydrogen-bond donors (Lipinski definition) is 0. The summed E-state index contributed by atoms with van der Waals surface area (Å²) in [7, 11) is 1.55. The summed E-state index contributed by atoms with van der Waals surface area (Å²) in [5.41, 5.74) is 1.39. The van der Waals surface area contributed by atoms with Crippen molar-refractivity contribution in [2.75, 3.05) is 11.9 Å². The molecule has 2 aliphatic rings. The third kappa shape index (κ3) is 2.51. The molecule has 138 valence electrons. The first-order valence-corrected chi connectivity index (χ1v) is 8.88. The molecule has 2 heterocycles. The average molecular weight is 364 g/mol. The van der Waals surface area contributed by atoms with Crippen molar-refractivity contribution in [3.63, 3.8) is 0 Å². The lowest BCUT2D eigenvalue weighted by atomic mass is 9.97. The highest BCUT2D eigenvalue weighted by atomic mass is 16.5. The van der Waals surface area contributed by atoms with E-state index < -0.39 is 11.6 Å². The van der Waals surface area contributed by atoms with Gasteiger partial charge in [-0.05, 0) is 24.6 Å². The van der Waals surface area contributed by atoms with Crippen molar-refractivity contribution in [2.45, 2.75) is 32.0 Å². The van der Waals surface area contributed by atoms with Crippen LogP contribution in [-0.4, -0.2) is 35.4 Å². The van der Waals surface area contributed by atoms with Gasteiger partial charge >= 0.3 is 5.97 Å². The van der Waals surface area contributed by atoms with Gasteiger partial charge in [0, 0.05) is 19.9 Å². The van der Waals surface area contributed by atoms with Crippen molar-refractivity contribution in [1.82, 2.24) is 4.90 Å².